The summed E-state index contributed by atoms with van der Waals surface area (Å²) in [6.07, 6.45) is -4.45. The summed E-state index contributed by atoms with van der Waals surface area (Å²) < 4.78 is 38.7. The molecule has 0 amide bonds. The average Bonchev–Trinajstić information content (AvgIpc) is 2.39. The molecule has 2 aromatic rings. The first-order valence-corrected chi connectivity index (χ1v) is 6.81. The Morgan fingerprint density at radius 1 is 1.14 bits per heavy atom. The Bertz CT molecular complexity index is 723. The standard InChI is InChI=1S/C14H7BrClF3N2/c15-10-3-8(7-20)4-11(6-10)21-13-5-9(14(17,18)19)1-2-12(13)16/h1-6,21H. The fraction of sp³-hybridized carbons (Fsp3) is 0.0714. The summed E-state index contributed by atoms with van der Waals surface area (Å²) in [5, 5.41) is 11.8. The average molecular weight is 376 g/mol. The number of nitrogens with one attached hydrogen (secondary N) is 1. The van der Waals surface area contributed by atoms with Crippen LogP contribution in [0.3, 0.4) is 0 Å². The SMILES string of the molecule is N#Cc1cc(Br)cc(Nc2cc(C(F)(F)F)ccc2Cl)c1. The smallest absolute Gasteiger partial charge is 0.354 e. The molecule has 0 saturated heterocycles. The number of halogens is 5. The summed E-state index contributed by atoms with van der Waals surface area (Å²) in [5.41, 5.74) is 0.149. The number of nitriles is 1. The maximum Gasteiger partial charge on any atom is 0.416 e. The van der Waals surface area contributed by atoms with Crippen LogP contribution >= 0.6 is 27.5 Å². The topological polar surface area (TPSA) is 35.8 Å². The number of alkyl halides is 3. The first-order chi connectivity index (χ1) is 9.79. The summed E-state index contributed by atoms with van der Waals surface area (Å²) in [7, 11) is 0. The third-order valence-electron chi connectivity index (χ3n) is 2.60. The van der Waals surface area contributed by atoms with Gasteiger partial charge in [-0.1, -0.05) is 27.5 Å². The lowest BCUT2D eigenvalue weighted by Crippen LogP contribution is -2.05. The Hall–Kier alpha value is -1.71. The molecule has 0 bridgehead atoms. The van der Waals surface area contributed by atoms with E-state index in [1.807, 2.05) is 6.07 Å². The second kappa shape index (κ2) is 5.96. The molecule has 0 heterocycles. The number of anilines is 2. The summed E-state index contributed by atoms with van der Waals surface area (Å²) in [6, 6.07) is 9.72. The molecule has 0 unspecified atom stereocenters. The van der Waals surface area contributed by atoms with Gasteiger partial charge in [0.15, 0.2) is 0 Å². The highest BCUT2D eigenvalue weighted by molar-refractivity contribution is 9.10. The monoisotopic (exact) mass is 374 g/mol. The van der Waals surface area contributed by atoms with Gasteiger partial charge in [0.05, 0.1) is 27.9 Å². The molecule has 2 nitrogen and oxygen atoms in total. The van der Waals surface area contributed by atoms with Crippen molar-refractivity contribution >= 4 is 38.9 Å². The van der Waals surface area contributed by atoms with Crippen LogP contribution in [0.5, 0.6) is 0 Å². The molecule has 0 saturated carbocycles. The number of hydrogen-bond donors (Lipinski definition) is 1. The minimum atomic E-state index is -4.45. The van der Waals surface area contributed by atoms with Gasteiger partial charge < -0.3 is 5.32 Å². The van der Waals surface area contributed by atoms with E-state index in [1.54, 1.807) is 12.1 Å². The van der Waals surface area contributed by atoms with Crippen LogP contribution in [0.25, 0.3) is 0 Å². The molecule has 2 aromatic carbocycles. The van der Waals surface area contributed by atoms with Crippen LogP contribution in [0.4, 0.5) is 24.5 Å². The summed E-state index contributed by atoms with van der Waals surface area (Å²) >= 11 is 9.13. The van der Waals surface area contributed by atoms with Gasteiger partial charge in [-0.3, -0.25) is 0 Å². The minimum absolute atomic E-state index is 0.119. The van der Waals surface area contributed by atoms with Crippen LogP contribution in [0.15, 0.2) is 40.9 Å². The van der Waals surface area contributed by atoms with Gasteiger partial charge in [0.2, 0.25) is 0 Å². The van der Waals surface area contributed by atoms with Crippen molar-refractivity contribution < 1.29 is 13.2 Å². The van der Waals surface area contributed by atoms with E-state index in [9.17, 15) is 13.2 Å². The summed E-state index contributed by atoms with van der Waals surface area (Å²) in [5.74, 6) is 0. The fourth-order valence-corrected chi connectivity index (χ4v) is 2.34. The molecule has 0 spiro atoms. The Kier molecular flexibility index (Phi) is 4.45. The third kappa shape index (κ3) is 3.90. The van der Waals surface area contributed by atoms with Crippen molar-refractivity contribution in [2.24, 2.45) is 0 Å². The number of benzene rings is 2. The Labute approximate surface area is 132 Å². The lowest BCUT2D eigenvalue weighted by Gasteiger charge is -2.13. The van der Waals surface area contributed by atoms with Crippen molar-refractivity contribution in [3.8, 4) is 6.07 Å². The molecule has 0 aliphatic rings. The van der Waals surface area contributed by atoms with Crippen molar-refractivity contribution in [2.75, 3.05) is 5.32 Å². The summed E-state index contributed by atoms with van der Waals surface area (Å²) in [4.78, 5) is 0. The van der Waals surface area contributed by atoms with Crippen molar-refractivity contribution in [1.29, 1.82) is 5.26 Å². The normalized spacial score (nSPS) is 11.0. The molecule has 0 aromatic heterocycles. The van der Waals surface area contributed by atoms with Crippen LogP contribution in [0.1, 0.15) is 11.1 Å². The molecule has 0 aliphatic carbocycles. The largest absolute Gasteiger partial charge is 0.416 e. The summed E-state index contributed by atoms with van der Waals surface area (Å²) in [6.45, 7) is 0. The van der Waals surface area contributed by atoms with Gasteiger partial charge >= 0.3 is 6.18 Å². The van der Waals surface area contributed by atoms with E-state index in [0.29, 0.717) is 15.7 Å². The first-order valence-electron chi connectivity index (χ1n) is 5.64. The molecule has 0 radical (unpaired) electrons. The van der Waals surface area contributed by atoms with E-state index in [4.69, 9.17) is 16.9 Å². The van der Waals surface area contributed by atoms with Crippen LogP contribution < -0.4 is 5.32 Å². The van der Waals surface area contributed by atoms with Crippen molar-refractivity contribution in [2.45, 2.75) is 6.18 Å². The van der Waals surface area contributed by atoms with Gasteiger partial charge in [0.1, 0.15) is 0 Å². The van der Waals surface area contributed by atoms with Crippen molar-refractivity contribution in [3.63, 3.8) is 0 Å². The van der Waals surface area contributed by atoms with E-state index in [0.717, 1.165) is 12.1 Å². The maximum atomic E-state index is 12.7. The molecule has 21 heavy (non-hydrogen) atoms. The number of rotatable bonds is 2. The number of hydrogen-bond acceptors (Lipinski definition) is 2. The van der Waals surface area contributed by atoms with Crippen LogP contribution in [0.2, 0.25) is 5.02 Å². The highest BCUT2D eigenvalue weighted by Crippen LogP contribution is 2.35. The second-order valence-corrected chi connectivity index (χ2v) is 5.48. The van der Waals surface area contributed by atoms with E-state index in [2.05, 4.69) is 21.2 Å². The molecular weight excluding hydrogens is 369 g/mol. The zero-order chi connectivity index (χ0) is 15.6. The second-order valence-electron chi connectivity index (χ2n) is 4.16. The van der Waals surface area contributed by atoms with Gasteiger partial charge in [0.25, 0.3) is 0 Å². The van der Waals surface area contributed by atoms with Gasteiger partial charge in [-0.15, -0.1) is 0 Å². The van der Waals surface area contributed by atoms with E-state index < -0.39 is 11.7 Å². The molecule has 2 rings (SSSR count). The zero-order valence-corrected chi connectivity index (χ0v) is 12.6. The Morgan fingerprint density at radius 2 is 1.86 bits per heavy atom. The van der Waals surface area contributed by atoms with Crippen LogP contribution in [-0.4, -0.2) is 0 Å². The lowest BCUT2D eigenvalue weighted by atomic mass is 10.1. The van der Waals surface area contributed by atoms with Crippen LogP contribution in [-0.2, 0) is 6.18 Å². The lowest BCUT2D eigenvalue weighted by molar-refractivity contribution is -0.137. The fourth-order valence-electron chi connectivity index (χ4n) is 1.68. The van der Waals surface area contributed by atoms with Gasteiger partial charge in [0, 0.05) is 10.2 Å². The number of nitrogens with zero attached hydrogens (tertiary/aromatic N) is 1. The first kappa shape index (κ1) is 15.7. The van der Waals surface area contributed by atoms with Gasteiger partial charge in [-0.25, -0.2) is 0 Å². The molecule has 1 N–H and O–H groups in total. The predicted molar refractivity (Wildman–Crippen MR) is 78.6 cm³/mol. The quantitative estimate of drug-likeness (QED) is 0.727. The molecule has 0 aliphatic heterocycles. The zero-order valence-electron chi connectivity index (χ0n) is 10.3. The predicted octanol–water partition coefficient (Wildman–Crippen LogP) is 5.74. The Morgan fingerprint density at radius 3 is 2.48 bits per heavy atom. The molecule has 108 valence electrons. The van der Waals surface area contributed by atoms with Crippen LogP contribution in [0, 0.1) is 11.3 Å². The van der Waals surface area contributed by atoms with Crippen molar-refractivity contribution in [3.05, 3.63) is 57.0 Å². The van der Waals surface area contributed by atoms with Gasteiger partial charge in [-0.05, 0) is 36.4 Å². The van der Waals surface area contributed by atoms with E-state index in [1.165, 1.54) is 12.1 Å². The molecule has 0 atom stereocenters. The molecule has 0 fully saturated rings. The third-order valence-corrected chi connectivity index (χ3v) is 3.39. The van der Waals surface area contributed by atoms with E-state index in [-0.39, 0.29) is 10.7 Å². The maximum absolute atomic E-state index is 12.7. The Balaban J connectivity index is 2.40. The minimum Gasteiger partial charge on any atom is -0.354 e. The highest BCUT2D eigenvalue weighted by atomic mass is 79.9. The highest BCUT2D eigenvalue weighted by Gasteiger charge is 2.30. The molecular formula is C14H7BrClF3N2. The van der Waals surface area contributed by atoms with Gasteiger partial charge in [-0.2, -0.15) is 18.4 Å². The van der Waals surface area contributed by atoms with E-state index >= 15 is 0 Å². The molecule has 7 heteroatoms. The van der Waals surface area contributed by atoms with Crippen molar-refractivity contribution in [1.82, 2.24) is 0 Å².